The molecular weight excluding hydrogens is 387 g/mol. The first kappa shape index (κ1) is 19.1. The Bertz CT molecular complexity index is 882. The zero-order chi connectivity index (χ0) is 19.8. The van der Waals surface area contributed by atoms with Gasteiger partial charge in [0.1, 0.15) is 5.75 Å². The highest BCUT2D eigenvalue weighted by Crippen LogP contribution is 2.44. The highest BCUT2D eigenvalue weighted by atomic mass is 32.1. The lowest BCUT2D eigenvalue weighted by Crippen LogP contribution is -2.55. The van der Waals surface area contributed by atoms with E-state index in [1.807, 2.05) is 0 Å². The van der Waals surface area contributed by atoms with Gasteiger partial charge >= 0.3 is 12.1 Å². The maximum absolute atomic E-state index is 13.6. The Kier molecular flexibility index (Phi) is 4.82. The molecule has 0 aliphatic carbocycles. The molecule has 1 aliphatic heterocycles. The van der Waals surface area contributed by atoms with E-state index in [4.69, 9.17) is 4.74 Å². The molecule has 1 aliphatic rings. The number of ether oxygens (including phenoxy) is 2. The minimum atomic E-state index is -5.01. The number of hydrogen-bond donors (Lipinski definition) is 1. The molecule has 144 valence electrons. The van der Waals surface area contributed by atoms with Crippen molar-refractivity contribution in [2.75, 3.05) is 19.2 Å². The lowest BCUT2D eigenvalue weighted by atomic mass is 10.0. The molecule has 1 aromatic carbocycles. The zero-order valence-corrected chi connectivity index (χ0v) is 15.0. The van der Waals surface area contributed by atoms with Gasteiger partial charge in [0, 0.05) is 5.38 Å². The molecule has 0 saturated carbocycles. The summed E-state index contributed by atoms with van der Waals surface area (Å²) in [6, 6.07) is 6.23. The minimum Gasteiger partial charge on any atom is -0.497 e. The van der Waals surface area contributed by atoms with Gasteiger partial charge in [-0.1, -0.05) is 0 Å². The molecule has 27 heavy (non-hydrogen) atoms. The second-order valence-corrected chi connectivity index (χ2v) is 6.42. The topological polar surface area (TPSA) is 84.2 Å². The van der Waals surface area contributed by atoms with E-state index < -0.39 is 24.3 Å². The number of esters is 1. The maximum atomic E-state index is 13.6. The molecule has 0 spiro atoms. The number of carbonyl (C=O) groups is 1. The monoisotopic (exact) mass is 401 g/mol. The maximum Gasteiger partial charge on any atom is 0.438 e. The standard InChI is InChI=1S/C16H14F3N3O4S/c1-25-10-5-3-9(4-6-10)11-7-15(24,16(17,18)19)22(21-11)14-20-12(8-27-14)13(23)26-2/h3-6,8,24H,7H2,1-2H3/t15-/m0/s1. The molecule has 0 bridgehead atoms. The van der Waals surface area contributed by atoms with Crippen molar-refractivity contribution in [3.05, 3.63) is 40.9 Å². The molecule has 2 heterocycles. The minimum absolute atomic E-state index is 0.0206. The molecule has 1 N–H and O–H groups in total. The van der Waals surface area contributed by atoms with Gasteiger partial charge in [-0.15, -0.1) is 11.3 Å². The van der Waals surface area contributed by atoms with Crippen molar-refractivity contribution in [1.82, 2.24) is 4.98 Å². The molecule has 3 rings (SSSR count). The summed E-state index contributed by atoms with van der Waals surface area (Å²) in [4.78, 5) is 15.3. The smallest absolute Gasteiger partial charge is 0.438 e. The summed E-state index contributed by atoms with van der Waals surface area (Å²) in [5.41, 5.74) is -3.04. The van der Waals surface area contributed by atoms with Crippen LogP contribution in [0.4, 0.5) is 18.3 Å². The van der Waals surface area contributed by atoms with Gasteiger partial charge in [0.2, 0.25) is 5.13 Å². The third-order valence-corrected chi connectivity index (χ3v) is 4.75. The molecule has 0 saturated heterocycles. The van der Waals surface area contributed by atoms with Gasteiger partial charge < -0.3 is 14.6 Å². The van der Waals surface area contributed by atoms with Crippen LogP contribution in [0.5, 0.6) is 5.75 Å². The van der Waals surface area contributed by atoms with Gasteiger partial charge in [-0.2, -0.15) is 23.3 Å². The van der Waals surface area contributed by atoms with E-state index >= 15 is 0 Å². The molecule has 1 aromatic heterocycles. The first-order valence-electron chi connectivity index (χ1n) is 7.54. The van der Waals surface area contributed by atoms with Gasteiger partial charge in [0.05, 0.1) is 26.4 Å². The number of rotatable bonds is 4. The first-order chi connectivity index (χ1) is 12.7. The average molecular weight is 401 g/mol. The SMILES string of the molecule is COC(=O)c1csc(N2N=C(c3ccc(OC)cc3)C[C@]2(O)C(F)(F)F)n1. The van der Waals surface area contributed by atoms with Crippen molar-refractivity contribution in [1.29, 1.82) is 0 Å². The largest absolute Gasteiger partial charge is 0.497 e. The summed E-state index contributed by atoms with van der Waals surface area (Å²) in [5.74, 6) is -0.269. The molecule has 2 aromatic rings. The van der Waals surface area contributed by atoms with Crippen LogP contribution in [0.25, 0.3) is 0 Å². The van der Waals surface area contributed by atoms with Crippen LogP contribution in [-0.4, -0.2) is 47.9 Å². The Hall–Kier alpha value is -2.66. The summed E-state index contributed by atoms with van der Waals surface area (Å²) in [6.07, 6.45) is -5.81. The number of benzene rings is 1. The van der Waals surface area contributed by atoms with Gasteiger partial charge in [-0.05, 0) is 29.8 Å². The summed E-state index contributed by atoms with van der Waals surface area (Å²) in [7, 11) is 2.59. The Balaban J connectivity index is 2.02. The molecule has 0 unspecified atom stereocenters. The molecule has 7 nitrogen and oxygen atoms in total. The second kappa shape index (κ2) is 6.82. The van der Waals surface area contributed by atoms with E-state index in [1.165, 1.54) is 12.5 Å². The van der Waals surface area contributed by atoms with Crippen molar-refractivity contribution in [2.45, 2.75) is 18.3 Å². The van der Waals surface area contributed by atoms with E-state index in [0.717, 1.165) is 18.4 Å². The summed E-state index contributed by atoms with van der Waals surface area (Å²) < 4.78 is 50.4. The number of nitrogens with zero attached hydrogens (tertiary/aromatic N) is 3. The van der Waals surface area contributed by atoms with Gasteiger partial charge in [-0.25, -0.2) is 9.78 Å². The summed E-state index contributed by atoms with van der Waals surface area (Å²) in [6.45, 7) is 0. The Morgan fingerprint density at radius 3 is 2.52 bits per heavy atom. The summed E-state index contributed by atoms with van der Waals surface area (Å²) >= 11 is 0.739. The van der Waals surface area contributed by atoms with Crippen molar-refractivity contribution < 1.29 is 32.5 Å². The predicted molar refractivity (Wildman–Crippen MR) is 91.1 cm³/mol. The molecule has 0 radical (unpaired) electrons. The predicted octanol–water partition coefficient (Wildman–Crippen LogP) is 2.80. The number of aliphatic hydroxyl groups is 1. The van der Waals surface area contributed by atoms with E-state index in [1.54, 1.807) is 24.3 Å². The van der Waals surface area contributed by atoms with Gasteiger partial charge in [0.15, 0.2) is 5.69 Å². The normalized spacial score (nSPS) is 19.8. The van der Waals surface area contributed by atoms with Crippen LogP contribution in [0, 0.1) is 0 Å². The number of alkyl halides is 3. The Morgan fingerprint density at radius 2 is 1.96 bits per heavy atom. The van der Waals surface area contributed by atoms with Crippen molar-refractivity contribution in [3.8, 4) is 5.75 Å². The van der Waals surface area contributed by atoms with E-state index in [2.05, 4.69) is 14.8 Å². The highest BCUT2D eigenvalue weighted by Gasteiger charge is 2.62. The lowest BCUT2D eigenvalue weighted by molar-refractivity contribution is -0.254. The van der Waals surface area contributed by atoms with E-state index in [9.17, 15) is 23.1 Å². The first-order valence-corrected chi connectivity index (χ1v) is 8.42. The van der Waals surface area contributed by atoms with E-state index in [-0.39, 0.29) is 16.5 Å². The van der Waals surface area contributed by atoms with E-state index in [0.29, 0.717) is 16.3 Å². The molecule has 11 heteroatoms. The fourth-order valence-electron chi connectivity index (χ4n) is 2.47. The number of thiazole rings is 1. The van der Waals surface area contributed by atoms with Crippen molar-refractivity contribution in [2.24, 2.45) is 5.10 Å². The van der Waals surface area contributed by atoms with Crippen LogP contribution < -0.4 is 9.75 Å². The number of anilines is 1. The fourth-order valence-corrected chi connectivity index (χ4v) is 3.28. The second-order valence-electron chi connectivity index (χ2n) is 5.59. The van der Waals surface area contributed by atoms with Crippen LogP contribution in [0.2, 0.25) is 0 Å². The average Bonchev–Trinajstić information content (AvgIpc) is 3.26. The number of aromatic nitrogens is 1. The number of carbonyl (C=O) groups excluding carboxylic acids is 1. The van der Waals surface area contributed by atoms with Crippen molar-refractivity contribution in [3.63, 3.8) is 0 Å². The highest BCUT2D eigenvalue weighted by molar-refractivity contribution is 7.14. The van der Waals surface area contributed by atoms with Crippen LogP contribution in [0.1, 0.15) is 22.5 Å². The molecular formula is C16H14F3N3O4S. The zero-order valence-electron chi connectivity index (χ0n) is 14.1. The number of halogens is 3. The molecule has 0 amide bonds. The Labute approximate surface area is 155 Å². The van der Waals surface area contributed by atoms with Crippen molar-refractivity contribution >= 4 is 28.1 Å². The number of methoxy groups -OCH3 is 2. The molecule has 0 fully saturated rings. The van der Waals surface area contributed by atoms with Gasteiger partial charge in [0.25, 0.3) is 5.72 Å². The van der Waals surface area contributed by atoms with Crippen LogP contribution in [0.3, 0.4) is 0 Å². The van der Waals surface area contributed by atoms with Crippen LogP contribution >= 0.6 is 11.3 Å². The number of hydrogen-bond acceptors (Lipinski definition) is 8. The van der Waals surface area contributed by atoms with Crippen LogP contribution in [-0.2, 0) is 4.74 Å². The molecule has 1 atom stereocenters. The van der Waals surface area contributed by atoms with Gasteiger partial charge in [-0.3, -0.25) is 0 Å². The number of hydrazone groups is 1. The Morgan fingerprint density at radius 1 is 1.30 bits per heavy atom. The fraction of sp³-hybridized carbons (Fsp3) is 0.312. The van der Waals surface area contributed by atoms with Crippen LogP contribution in [0.15, 0.2) is 34.7 Å². The summed E-state index contributed by atoms with van der Waals surface area (Å²) in [5, 5.41) is 15.7. The third kappa shape index (κ3) is 3.35. The quantitative estimate of drug-likeness (QED) is 0.794. The lowest BCUT2D eigenvalue weighted by Gasteiger charge is -2.32. The third-order valence-electron chi connectivity index (χ3n) is 3.93.